The van der Waals surface area contributed by atoms with Crippen molar-refractivity contribution >= 4 is 43.2 Å². The molecule has 3 rings (SSSR count). The van der Waals surface area contributed by atoms with Crippen LogP contribution in [0.25, 0.3) is 5.69 Å². The number of nitrogens with zero attached hydrogens (tertiary/aromatic N) is 3. The van der Waals surface area contributed by atoms with Gasteiger partial charge in [-0.1, -0.05) is 17.7 Å². The summed E-state index contributed by atoms with van der Waals surface area (Å²) < 4.78 is 64.6. The van der Waals surface area contributed by atoms with Crippen molar-refractivity contribution in [1.82, 2.24) is 9.78 Å². The molecule has 0 bridgehead atoms. The van der Waals surface area contributed by atoms with Crippen molar-refractivity contribution in [2.45, 2.75) is 16.7 Å². The van der Waals surface area contributed by atoms with Crippen LogP contribution in [0.1, 0.15) is 5.69 Å². The Morgan fingerprint density at radius 1 is 1.00 bits per heavy atom. The zero-order chi connectivity index (χ0) is 23.1. The van der Waals surface area contributed by atoms with Gasteiger partial charge in [0.05, 0.1) is 16.3 Å². The van der Waals surface area contributed by atoms with Crippen LogP contribution >= 0.6 is 11.6 Å². The minimum absolute atomic E-state index is 0. The Bertz CT molecular complexity index is 1510. The molecule has 1 heterocycles. The standard InChI is InChI=1S/C16H13ClN4O8S2.Cr.2Na/c1-8-14(19-18-12-5-9(17)6-13(15(12)22)31(27,28)29)16(23)21(20-8)10-3-2-4-11(7-10)30(24,25)26;;;/h2-7,20,22H,1H3,(H,24,25,26)(H,27,28,29);;;/q;;2*+1. The molecule has 0 spiro atoms. The number of hydrogen-bond donors (Lipinski definition) is 4. The molecule has 0 aliphatic heterocycles. The van der Waals surface area contributed by atoms with Crippen LogP contribution in [0.5, 0.6) is 5.75 Å². The molecule has 0 saturated heterocycles. The van der Waals surface area contributed by atoms with Crippen LogP contribution < -0.4 is 64.7 Å². The Hall–Kier alpha value is -0.508. The molecule has 0 saturated carbocycles. The summed E-state index contributed by atoms with van der Waals surface area (Å²) in [5.41, 5.74) is -1.16. The third-order valence-corrected chi connectivity index (χ3v) is 5.90. The molecule has 0 aliphatic rings. The fourth-order valence-electron chi connectivity index (χ4n) is 2.56. The van der Waals surface area contributed by atoms with E-state index in [-0.39, 0.29) is 98.6 Å². The van der Waals surface area contributed by atoms with Crippen LogP contribution in [0.4, 0.5) is 11.4 Å². The van der Waals surface area contributed by atoms with Gasteiger partial charge in [0.1, 0.15) is 10.6 Å². The molecule has 0 amide bonds. The molecule has 1 aromatic heterocycles. The Balaban J connectivity index is 0.00000363. The SMILES string of the molecule is Cc1[nH]n(-c2cccc(S(=O)(=O)O)c2)c(=O)c1N=Nc1cc(Cl)cc(S(=O)(=O)O)c1O.[Cr].[Na+].[Na+]. The summed E-state index contributed by atoms with van der Waals surface area (Å²) in [7, 11) is -9.31. The molecule has 18 heteroatoms. The molecule has 12 nitrogen and oxygen atoms in total. The topological polar surface area (TPSA) is 191 Å². The van der Waals surface area contributed by atoms with Crippen LogP contribution in [0.3, 0.4) is 0 Å². The fourth-order valence-corrected chi connectivity index (χ4v) is 3.98. The van der Waals surface area contributed by atoms with Gasteiger partial charge in [-0.3, -0.25) is 19.0 Å². The van der Waals surface area contributed by atoms with Gasteiger partial charge in [0.15, 0.2) is 11.4 Å². The fraction of sp³-hybridized carbons (Fsp3) is 0.0625. The molecular weight excluding hydrogens is 574 g/mol. The summed E-state index contributed by atoms with van der Waals surface area (Å²) in [4.78, 5) is 11.4. The van der Waals surface area contributed by atoms with Crippen LogP contribution in [-0.2, 0) is 37.6 Å². The third-order valence-electron chi connectivity index (χ3n) is 3.97. The first kappa shape index (κ1) is 33.5. The number of aromatic amines is 1. The van der Waals surface area contributed by atoms with Gasteiger partial charge < -0.3 is 5.11 Å². The summed E-state index contributed by atoms with van der Waals surface area (Å²) in [6.45, 7) is 1.46. The first-order valence-electron chi connectivity index (χ1n) is 8.10. The van der Waals surface area contributed by atoms with E-state index in [9.17, 15) is 31.3 Å². The number of hydrogen-bond acceptors (Lipinski definition) is 8. The minimum Gasteiger partial charge on any atom is -0.504 e. The first-order chi connectivity index (χ1) is 14.3. The number of H-pyrrole nitrogens is 1. The van der Waals surface area contributed by atoms with E-state index in [0.29, 0.717) is 0 Å². The van der Waals surface area contributed by atoms with Crippen molar-refractivity contribution in [3.8, 4) is 11.4 Å². The number of phenols is 1. The maximum absolute atomic E-state index is 12.7. The van der Waals surface area contributed by atoms with Crippen molar-refractivity contribution in [3.05, 3.63) is 57.5 Å². The predicted octanol–water partition coefficient (Wildman–Crippen LogP) is -3.25. The molecule has 0 unspecified atom stereocenters. The van der Waals surface area contributed by atoms with E-state index >= 15 is 0 Å². The van der Waals surface area contributed by atoms with Gasteiger partial charge >= 0.3 is 59.1 Å². The molecule has 0 radical (unpaired) electrons. The van der Waals surface area contributed by atoms with Crippen molar-refractivity contribution in [1.29, 1.82) is 0 Å². The second-order valence-corrected chi connectivity index (χ2v) is 9.39. The molecule has 0 atom stereocenters. The number of rotatable bonds is 5. The Morgan fingerprint density at radius 3 is 2.18 bits per heavy atom. The minimum atomic E-state index is -4.80. The maximum atomic E-state index is 12.7. The van der Waals surface area contributed by atoms with Crippen LogP contribution in [0, 0.1) is 6.92 Å². The van der Waals surface area contributed by atoms with Gasteiger partial charge in [-0.05, 0) is 37.3 Å². The number of halogens is 1. The second-order valence-electron chi connectivity index (χ2n) is 6.15. The van der Waals surface area contributed by atoms with Crippen molar-refractivity contribution in [2.75, 3.05) is 0 Å². The van der Waals surface area contributed by atoms with Gasteiger partial charge in [0.2, 0.25) is 0 Å². The largest absolute Gasteiger partial charge is 1.00 e. The number of nitrogens with one attached hydrogen (secondary N) is 1. The summed E-state index contributed by atoms with van der Waals surface area (Å²) in [6, 6.07) is 6.76. The number of phenolic OH excluding ortho intramolecular Hbond substituents is 1. The third kappa shape index (κ3) is 7.50. The zero-order valence-corrected chi connectivity index (χ0v) is 25.5. The molecule has 34 heavy (non-hydrogen) atoms. The van der Waals surface area contributed by atoms with Gasteiger partial charge in [0.25, 0.3) is 25.8 Å². The predicted molar refractivity (Wildman–Crippen MR) is 108 cm³/mol. The average Bonchev–Trinajstić information content (AvgIpc) is 2.94. The molecule has 4 N–H and O–H groups in total. The van der Waals surface area contributed by atoms with E-state index in [2.05, 4.69) is 15.3 Å². The number of benzene rings is 2. The number of aromatic nitrogens is 2. The van der Waals surface area contributed by atoms with Crippen LogP contribution in [-0.4, -0.2) is 40.8 Å². The van der Waals surface area contributed by atoms with E-state index in [1.807, 2.05) is 0 Å². The second kappa shape index (κ2) is 12.6. The molecule has 0 fully saturated rings. The van der Waals surface area contributed by atoms with Crippen molar-refractivity contribution in [2.24, 2.45) is 10.2 Å². The summed E-state index contributed by atoms with van der Waals surface area (Å²) in [6.07, 6.45) is 0. The van der Waals surface area contributed by atoms with E-state index < -0.39 is 47.0 Å². The summed E-state index contributed by atoms with van der Waals surface area (Å²) in [5.74, 6) is -0.926. The average molecular weight is 587 g/mol. The molecule has 2 aromatic carbocycles. The number of azo groups is 1. The molecular formula is C16H13ClCrN4Na2O8S2+2. The molecule has 0 aliphatic carbocycles. The summed E-state index contributed by atoms with van der Waals surface area (Å²) >= 11 is 5.78. The molecule has 3 aromatic rings. The van der Waals surface area contributed by atoms with Crippen LogP contribution in [0.15, 0.2) is 61.2 Å². The van der Waals surface area contributed by atoms with E-state index in [1.165, 1.54) is 19.1 Å². The van der Waals surface area contributed by atoms with Gasteiger partial charge in [-0.2, -0.15) is 16.8 Å². The maximum Gasteiger partial charge on any atom is 1.00 e. The smallest absolute Gasteiger partial charge is 0.504 e. The number of aryl methyl sites for hydroxylation is 1. The van der Waals surface area contributed by atoms with E-state index in [4.69, 9.17) is 16.2 Å². The Kier molecular flexibility index (Phi) is 12.5. The Morgan fingerprint density at radius 2 is 1.62 bits per heavy atom. The van der Waals surface area contributed by atoms with Crippen molar-refractivity contribution < 1.29 is 108 Å². The van der Waals surface area contributed by atoms with Gasteiger partial charge in [0, 0.05) is 22.4 Å². The normalized spacial score (nSPS) is 11.4. The van der Waals surface area contributed by atoms with Gasteiger partial charge in [-0.15, -0.1) is 10.2 Å². The summed E-state index contributed by atoms with van der Waals surface area (Å²) in [5, 5.41) is 19.9. The number of aromatic hydroxyl groups is 1. The monoisotopic (exact) mass is 586 g/mol. The van der Waals surface area contributed by atoms with Gasteiger partial charge in [-0.25, -0.2) is 4.68 Å². The van der Waals surface area contributed by atoms with Crippen molar-refractivity contribution in [3.63, 3.8) is 0 Å². The van der Waals surface area contributed by atoms with Crippen LogP contribution in [0.2, 0.25) is 5.02 Å². The molecule has 170 valence electrons. The van der Waals surface area contributed by atoms with E-state index in [0.717, 1.165) is 28.9 Å². The van der Waals surface area contributed by atoms with E-state index in [1.54, 1.807) is 0 Å². The first-order valence-corrected chi connectivity index (χ1v) is 11.4. The quantitative estimate of drug-likeness (QED) is 0.136. The Labute approximate surface area is 253 Å². The zero-order valence-electron chi connectivity index (χ0n) is 17.8.